The van der Waals surface area contributed by atoms with Gasteiger partial charge in [0.2, 0.25) is 5.91 Å². The standard InChI is InChI=1S/C30H43N3O5/c1-10-19(2)24(32-28(37)38-30(7,8)9)27(36)33(29(4,5)6)25(21-15-13-16-22(34)18-21)26(35)31-23-17-12-11-14-20(23)3/h11-19,24-25,34H,10H2,1-9H3,(H,31,35)(H,32,37). The second kappa shape index (κ2) is 12.3. The largest absolute Gasteiger partial charge is 0.508 e. The summed E-state index contributed by atoms with van der Waals surface area (Å²) in [6.45, 7) is 16.5. The lowest BCUT2D eigenvalue weighted by Crippen LogP contribution is -2.59. The SMILES string of the molecule is CCC(C)C(NC(=O)OC(C)(C)C)C(=O)N(C(C(=O)Nc1ccccc1C)c1cccc(O)c1)C(C)(C)C. The summed E-state index contributed by atoms with van der Waals surface area (Å²) in [6.07, 6.45) is -0.0978. The van der Waals surface area contributed by atoms with Crippen molar-refractivity contribution in [2.24, 2.45) is 5.92 Å². The number of phenolic OH excluding ortho intramolecular Hbond substituents is 1. The van der Waals surface area contributed by atoms with Gasteiger partial charge in [0.1, 0.15) is 23.4 Å². The molecule has 0 bridgehead atoms. The number of nitrogens with one attached hydrogen (secondary N) is 2. The number of carbonyl (C=O) groups is 3. The van der Waals surface area contributed by atoms with E-state index in [-0.39, 0.29) is 11.7 Å². The Morgan fingerprint density at radius 1 is 1.00 bits per heavy atom. The fourth-order valence-corrected chi connectivity index (χ4v) is 4.14. The molecule has 2 aromatic carbocycles. The molecular formula is C30H43N3O5. The van der Waals surface area contributed by atoms with E-state index < -0.39 is 41.1 Å². The molecule has 2 aromatic rings. The first-order valence-electron chi connectivity index (χ1n) is 13.0. The predicted molar refractivity (Wildman–Crippen MR) is 150 cm³/mol. The molecule has 0 saturated carbocycles. The Bertz CT molecular complexity index is 1130. The van der Waals surface area contributed by atoms with Crippen LogP contribution in [0.5, 0.6) is 5.75 Å². The molecule has 2 rings (SSSR count). The minimum Gasteiger partial charge on any atom is -0.508 e. The van der Waals surface area contributed by atoms with Crippen LogP contribution in [-0.2, 0) is 14.3 Å². The Hall–Kier alpha value is -3.55. The third-order valence-electron chi connectivity index (χ3n) is 6.21. The van der Waals surface area contributed by atoms with Gasteiger partial charge in [-0.2, -0.15) is 0 Å². The van der Waals surface area contributed by atoms with E-state index in [9.17, 15) is 19.5 Å². The first-order chi connectivity index (χ1) is 17.5. The van der Waals surface area contributed by atoms with Gasteiger partial charge < -0.3 is 25.4 Å². The Kier molecular flexibility index (Phi) is 9.95. The molecule has 0 radical (unpaired) electrons. The van der Waals surface area contributed by atoms with Crippen LogP contribution in [0, 0.1) is 12.8 Å². The molecule has 0 heterocycles. The number of hydrogen-bond donors (Lipinski definition) is 3. The van der Waals surface area contributed by atoms with Gasteiger partial charge in [-0.3, -0.25) is 9.59 Å². The number of aromatic hydroxyl groups is 1. The van der Waals surface area contributed by atoms with Gasteiger partial charge in [-0.15, -0.1) is 0 Å². The number of ether oxygens (including phenoxy) is 1. The highest BCUT2D eigenvalue weighted by Gasteiger charge is 2.43. The molecule has 0 aliphatic rings. The molecular weight excluding hydrogens is 482 g/mol. The number of nitrogens with zero attached hydrogens (tertiary/aromatic N) is 1. The van der Waals surface area contributed by atoms with Crippen LogP contribution >= 0.6 is 0 Å². The van der Waals surface area contributed by atoms with Crippen molar-refractivity contribution in [3.8, 4) is 5.75 Å². The van der Waals surface area contributed by atoms with Crippen LogP contribution in [0.3, 0.4) is 0 Å². The predicted octanol–water partition coefficient (Wildman–Crippen LogP) is 5.95. The highest BCUT2D eigenvalue weighted by Crippen LogP contribution is 2.33. The van der Waals surface area contributed by atoms with Crippen molar-refractivity contribution in [1.82, 2.24) is 10.2 Å². The van der Waals surface area contributed by atoms with Crippen molar-refractivity contribution in [1.29, 1.82) is 0 Å². The first kappa shape index (κ1) is 30.7. The molecule has 0 aromatic heterocycles. The highest BCUT2D eigenvalue weighted by atomic mass is 16.6. The summed E-state index contributed by atoms with van der Waals surface area (Å²) in [5.74, 6) is -1.13. The summed E-state index contributed by atoms with van der Waals surface area (Å²) in [5, 5.41) is 16.0. The maximum Gasteiger partial charge on any atom is 0.408 e. The minimum atomic E-state index is -1.10. The summed E-state index contributed by atoms with van der Waals surface area (Å²) >= 11 is 0. The maximum absolute atomic E-state index is 14.3. The molecule has 3 N–H and O–H groups in total. The van der Waals surface area contributed by atoms with Gasteiger partial charge in [0.15, 0.2) is 0 Å². The second-order valence-electron chi connectivity index (χ2n) is 11.7. The third kappa shape index (κ3) is 8.23. The smallest absolute Gasteiger partial charge is 0.408 e. The van der Waals surface area contributed by atoms with Gasteiger partial charge in [-0.05, 0) is 83.7 Å². The molecule has 0 spiro atoms. The third-order valence-corrected chi connectivity index (χ3v) is 6.21. The Balaban J connectivity index is 2.62. The molecule has 38 heavy (non-hydrogen) atoms. The molecule has 0 saturated heterocycles. The van der Waals surface area contributed by atoms with E-state index in [1.165, 1.54) is 17.0 Å². The Morgan fingerprint density at radius 2 is 1.63 bits per heavy atom. The van der Waals surface area contributed by atoms with Crippen LogP contribution < -0.4 is 10.6 Å². The summed E-state index contributed by atoms with van der Waals surface area (Å²) in [6, 6.07) is 11.7. The number of phenols is 1. The molecule has 208 valence electrons. The summed E-state index contributed by atoms with van der Waals surface area (Å²) in [5.41, 5.74) is 0.355. The van der Waals surface area contributed by atoms with Crippen LogP contribution in [0.25, 0.3) is 0 Å². The van der Waals surface area contributed by atoms with E-state index in [1.807, 2.05) is 59.7 Å². The summed E-state index contributed by atoms with van der Waals surface area (Å²) in [4.78, 5) is 42.5. The van der Waals surface area contributed by atoms with Crippen molar-refractivity contribution >= 4 is 23.6 Å². The van der Waals surface area contributed by atoms with E-state index in [4.69, 9.17) is 4.74 Å². The molecule has 0 aliphatic heterocycles. The van der Waals surface area contributed by atoms with E-state index in [1.54, 1.807) is 39.0 Å². The molecule has 3 atom stereocenters. The first-order valence-corrected chi connectivity index (χ1v) is 13.0. The lowest BCUT2D eigenvalue weighted by atomic mass is 9.91. The van der Waals surface area contributed by atoms with Gasteiger partial charge in [-0.25, -0.2) is 4.79 Å². The zero-order chi connectivity index (χ0) is 28.8. The number of hydrogen-bond acceptors (Lipinski definition) is 5. The summed E-state index contributed by atoms with van der Waals surface area (Å²) in [7, 11) is 0. The van der Waals surface area contributed by atoms with Crippen LogP contribution in [0.4, 0.5) is 10.5 Å². The van der Waals surface area contributed by atoms with Crippen LogP contribution in [0.1, 0.15) is 79.0 Å². The van der Waals surface area contributed by atoms with E-state index in [0.29, 0.717) is 17.7 Å². The van der Waals surface area contributed by atoms with Gasteiger partial charge >= 0.3 is 6.09 Å². The normalized spacial score (nSPS) is 14.1. The van der Waals surface area contributed by atoms with Gasteiger partial charge in [0.05, 0.1) is 0 Å². The fraction of sp³-hybridized carbons (Fsp3) is 0.500. The number of carbonyl (C=O) groups excluding carboxylic acids is 3. The molecule has 0 fully saturated rings. The monoisotopic (exact) mass is 525 g/mol. The van der Waals surface area contributed by atoms with E-state index >= 15 is 0 Å². The number of benzene rings is 2. The lowest BCUT2D eigenvalue weighted by Gasteiger charge is -2.44. The maximum atomic E-state index is 14.3. The number of aryl methyl sites for hydroxylation is 1. The summed E-state index contributed by atoms with van der Waals surface area (Å²) < 4.78 is 5.45. The van der Waals surface area contributed by atoms with Crippen molar-refractivity contribution in [2.45, 2.75) is 92.0 Å². The quantitative estimate of drug-likeness (QED) is 0.395. The van der Waals surface area contributed by atoms with Crippen LogP contribution in [0.15, 0.2) is 48.5 Å². The number of anilines is 1. The Morgan fingerprint density at radius 3 is 2.16 bits per heavy atom. The highest BCUT2D eigenvalue weighted by molar-refractivity contribution is 5.99. The van der Waals surface area contributed by atoms with Gasteiger partial charge in [-0.1, -0.05) is 50.6 Å². The fourth-order valence-electron chi connectivity index (χ4n) is 4.14. The van der Waals surface area contributed by atoms with Crippen molar-refractivity contribution in [3.63, 3.8) is 0 Å². The van der Waals surface area contributed by atoms with Gasteiger partial charge in [0.25, 0.3) is 5.91 Å². The van der Waals surface area contributed by atoms with Gasteiger partial charge in [0, 0.05) is 11.2 Å². The molecule has 8 heteroatoms. The number of para-hydroxylation sites is 1. The minimum absolute atomic E-state index is 0.0251. The second-order valence-corrected chi connectivity index (χ2v) is 11.7. The topological polar surface area (TPSA) is 108 Å². The molecule has 8 nitrogen and oxygen atoms in total. The average Bonchev–Trinajstić information content (AvgIpc) is 2.79. The van der Waals surface area contributed by atoms with E-state index in [0.717, 1.165) is 5.56 Å². The molecule has 0 aliphatic carbocycles. The number of amides is 3. The number of alkyl carbamates (subject to hydrolysis) is 1. The zero-order valence-electron chi connectivity index (χ0n) is 24.1. The molecule has 3 amide bonds. The van der Waals surface area contributed by atoms with Crippen LogP contribution in [-0.4, -0.2) is 45.1 Å². The lowest BCUT2D eigenvalue weighted by molar-refractivity contribution is -0.147. The van der Waals surface area contributed by atoms with Crippen molar-refractivity contribution < 1.29 is 24.2 Å². The van der Waals surface area contributed by atoms with E-state index in [2.05, 4.69) is 10.6 Å². The number of rotatable bonds is 8. The Labute approximate surface area is 226 Å². The van der Waals surface area contributed by atoms with Crippen molar-refractivity contribution in [3.05, 3.63) is 59.7 Å². The zero-order valence-corrected chi connectivity index (χ0v) is 24.1. The molecule has 3 unspecified atom stereocenters. The van der Waals surface area contributed by atoms with Crippen molar-refractivity contribution in [2.75, 3.05) is 5.32 Å². The average molecular weight is 526 g/mol. The van der Waals surface area contributed by atoms with Crippen LogP contribution in [0.2, 0.25) is 0 Å².